The Balaban J connectivity index is 1.60. The number of fused-ring (bicyclic) bond motifs is 2. The molecular formula is C21H16BO6. The summed E-state index contributed by atoms with van der Waals surface area (Å²) in [4.78, 5) is 46.9. The summed E-state index contributed by atoms with van der Waals surface area (Å²) in [6.45, 7) is 5.98. The molecule has 1 radical (unpaired) electrons. The summed E-state index contributed by atoms with van der Waals surface area (Å²) in [6.07, 6.45) is 0. The van der Waals surface area contributed by atoms with Crippen LogP contribution in [0.4, 0.5) is 0 Å². The monoisotopic (exact) mass is 375 g/mol. The van der Waals surface area contributed by atoms with Crippen molar-refractivity contribution in [2.24, 2.45) is 0 Å². The SMILES string of the molecule is CC([B]C(C)(C)c1ccc2c(c1)C(=O)OC2=O)c1ccc2c(c1)C(=O)OC2=O. The van der Waals surface area contributed by atoms with Crippen molar-refractivity contribution in [3.63, 3.8) is 0 Å². The lowest BCUT2D eigenvalue weighted by atomic mass is 9.44. The van der Waals surface area contributed by atoms with Crippen molar-refractivity contribution in [2.45, 2.75) is 31.9 Å². The Hall–Kier alpha value is -3.22. The smallest absolute Gasteiger partial charge is 0.346 e. The fourth-order valence-electron chi connectivity index (χ4n) is 3.69. The number of carbonyl (C=O) groups excluding carboxylic acids is 4. The van der Waals surface area contributed by atoms with E-state index < -0.39 is 29.2 Å². The van der Waals surface area contributed by atoms with Gasteiger partial charge in [-0.15, -0.1) is 0 Å². The Bertz CT molecular complexity index is 1070. The predicted octanol–water partition coefficient (Wildman–Crippen LogP) is 3.01. The summed E-state index contributed by atoms with van der Waals surface area (Å²) in [5.74, 6) is -2.56. The van der Waals surface area contributed by atoms with Crippen LogP contribution in [0.2, 0.25) is 0 Å². The number of esters is 4. The zero-order valence-electron chi connectivity index (χ0n) is 15.6. The highest BCUT2D eigenvalue weighted by atomic mass is 16.6. The van der Waals surface area contributed by atoms with Crippen LogP contribution < -0.4 is 0 Å². The van der Waals surface area contributed by atoms with E-state index in [1.54, 1.807) is 36.4 Å². The van der Waals surface area contributed by atoms with E-state index in [0.29, 0.717) is 0 Å². The molecule has 0 aromatic heterocycles. The van der Waals surface area contributed by atoms with Gasteiger partial charge in [-0.2, -0.15) is 0 Å². The highest BCUT2D eigenvalue weighted by Gasteiger charge is 2.34. The highest BCUT2D eigenvalue weighted by Crippen LogP contribution is 2.32. The van der Waals surface area contributed by atoms with Crippen LogP contribution in [0.1, 0.15) is 79.1 Å². The number of ether oxygens (including phenoxy) is 2. The second-order valence-electron chi connectivity index (χ2n) is 7.60. The van der Waals surface area contributed by atoms with Gasteiger partial charge < -0.3 is 9.47 Å². The fourth-order valence-corrected chi connectivity index (χ4v) is 3.69. The van der Waals surface area contributed by atoms with Gasteiger partial charge in [-0.25, -0.2) is 19.2 Å². The molecule has 0 aliphatic carbocycles. The third kappa shape index (κ3) is 2.83. The molecule has 0 amide bonds. The number of hydrogen-bond acceptors (Lipinski definition) is 6. The van der Waals surface area contributed by atoms with Gasteiger partial charge in [0.1, 0.15) is 7.28 Å². The first-order chi connectivity index (χ1) is 13.2. The van der Waals surface area contributed by atoms with E-state index in [0.717, 1.165) is 11.1 Å². The van der Waals surface area contributed by atoms with Crippen LogP contribution in [-0.4, -0.2) is 31.2 Å². The summed E-state index contributed by atoms with van der Waals surface area (Å²) in [5, 5.41) is -0.435. The van der Waals surface area contributed by atoms with Crippen molar-refractivity contribution in [1.29, 1.82) is 0 Å². The molecule has 139 valence electrons. The Labute approximate surface area is 162 Å². The largest absolute Gasteiger partial charge is 0.386 e. The molecule has 6 nitrogen and oxygen atoms in total. The minimum atomic E-state index is -0.632. The van der Waals surface area contributed by atoms with E-state index in [9.17, 15) is 19.2 Å². The molecule has 0 bridgehead atoms. The summed E-state index contributed by atoms with van der Waals surface area (Å²) in [5.41, 5.74) is 2.84. The first-order valence-corrected chi connectivity index (χ1v) is 8.85. The molecule has 0 spiro atoms. The number of hydrogen-bond donors (Lipinski definition) is 0. The number of carbonyl (C=O) groups is 4. The average Bonchev–Trinajstić information content (AvgIpc) is 3.10. The van der Waals surface area contributed by atoms with Crippen molar-refractivity contribution < 1.29 is 28.7 Å². The van der Waals surface area contributed by atoms with Gasteiger partial charge in [-0.1, -0.05) is 38.5 Å². The standard InChI is InChI=1S/C21H16BO6/c1-10(11-4-6-13-15(8-11)19(25)27-17(13)23)22-21(2,3)12-5-7-14-16(9-12)20(26)28-18(14)24/h4-10H,1-3H3. The lowest BCUT2D eigenvalue weighted by Gasteiger charge is -2.28. The Kier molecular flexibility index (Phi) is 3.99. The molecule has 28 heavy (non-hydrogen) atoms. The molecule has 4 rings (SSSR count). The van der Waals surface area contributed by atoms with E-state index in [2.05, 4.69) is 16.8 Å². The molecule has 0 fully saturated rings. The van der Waals surface area contributed by atoms with Crippen LogP contribution >= 0.6 is 0 Å². The summed E-state index contributed by atoms with van der Waals surface area (Å²) < 4.78 is 9.29. The van der Waals surface area contributed by atoms with Crippen LogP contribution in [-0.2, 0) is 14.8 Å². The van der Waals surface area contributed by atoms with E-state index in [1.165, 1.54) is 0 Å². The van der Waals surface area contributed by atoms with Crippen LogP contribution in [0.3, 0.4) is 0 Å². The molecule has 2 heterocycles. The summed E-state index contributed by atoms with van der Waals surface area (Å²) in [7, 11) is 2.08. The van der Waals surface area contributed by atoms with Gasteiger partial charge >= 0.3 is 23.9 Å². The maximum Gasteiger partial charge on any atom is 0.346 e. The Morgan fingerprint density at radius 1 is 0.750 bits per heavy atom. The van der Waals surface area contributed by atoms with Crippen LogP contribution in [0.25, 0.3) is 0 Å². The Morgan fingerprint density at radius 2 is 1.25 bits per heavy atom. The summed E-state index contributed by atoms with van der Waals surface area (Å²) >= 11 is 0. The molecule has 7 heteroatoms. The van der Waals surface area contributed by atoms with E-state index in [1.807, 2.05) is 20.8 Å². The quantitative estimate of drug-likeness (QED) is 0.464. The second kappa shape index (κ2) is 6.16. The molecule has 0 N–H and O–H groups in total. The highest BCUT2D eigenvalue weighted by molar-refractivity contribution is 6.42. The van der Waals surface area contributed by atoms with E-state index in [4.69, 9.17) is 0 Å². The molecule has 2 aliphatic heterocycles. The topological polar surface area (TPSA) is 86.7 Å². The first-order valence-electron chi connectivity index (χ1n) is 8.85. The number of benzene rings is 2. The van der Waals surface area contributed by atoms with Crippen molar-refractivity contribution in [2.75, 3.05) is 0 Å². The van der Waals surface area contributed by atoms with Gasteiger partial charge in [-0.3, -0.25) is 0 Å². The molecule has 2 aliphatic rings. The maximum atomic E-state index is 11.8. The van der Waals surface area contributed by atoms with Gasteiger partial charge in [0.05, 0.1) is 22.3 Å². The van der Waals surface area contributed by atoms with Gasteiger partial charge in [0, 0.05) is 0 Å². The molecular weight excluding hydrogens is 359 g/mol. The van der Waals surface area contributed by atoms with E-state index >= 15 is 0 Å². The van der Waals surface area contributed by atoms with Gasteiger partial charge in [0.25, 0.3) is 0 Å². The first kappa shape index (κ1) is 18.2. The fraction of sp³-hybridized carbons (Fsp3) is 0.238. The normalized spacial score (nSPS) is 16.4. The Morgan fingerprint density at radius 3 is 1.86 bits per heavy atom. The van der Waals surface area contributed by atoms with Crippen LogP contribution in [0.15, 0.2) is 36.4 Å². The van der Waals surface area contributed by atoms with Crippen LogP contribution in [0.5, 0.6) is 0 Å². The molecule has 2 aromatic rings. The molecule has 0 saturated heterocycles. The maximum absolute atomic E-state index is 11.8. The van der Waals surface area contributed by atoms with Crippen molar-refractivity contribution >= 4 is 31.2 Å². The number of cyclic esters (lactones) is 4. The van der Waals surface area contributed by atoms with Crippen molar-refractivity contribution in [3.05, 3.63) is 69.8 Å². The van der Waals surface area contributed by atoms with E-state index in [-0.39, 0.29) is 28.1 Å². The molecule has 0 saturated carbocycles. The molecule has 2 aromatic carbocycles. The van der Waals surface area contributed by atoms with Gasteiger partial charge in [-0.05, 0) is 41.0 Å². The minimum absolute atomic E-state index is 0.0503. The molecule has 1 unspecified atom stereocenters. The predicted molar refractivity (Wildman–Crippen MR) is 99.6 cm³/mol. The average molecular weight is 375 g/mol. The molecule has 1 atom stereocenters. The zero-order valence-corrected chi connectivity index (χ0v) is 15.6. The van der Waals surface area contributed by atoms with Crippen LogP contribution in [0, 0.1) is 0 Å². The number of rotatable bonds is 4. The minimum Gasteiger partial charge on any atom is -0.386 e. The lowest BCUT2D eigenvalue weighted by Crippen LogP contribution is -2.30. The zero-order chi connectivity index (χ0) is 20.2. The van der Waals surface area contributed by atoms with Gasteiger partial charge in [0.15, 0.2) is 0 Å². The lowest BCUT2D eigenvalue weighted by molar-refractivity contribution is 0.0425. The third-order valence-electron chi connectivity index (χ3n) is 5.25. The van der Waals surface area contributed by atoms with Crippen molar-refractivity contribution in [3.8, 4) is 0 Å². The third-order valence-corrected chi connectivity index (χ3v) is 5.25. The van der Waals surface area contributed by atoms with Crippen molar-refractivity contribution in [1.82, 2.24) is 0 Å². The summed E-state index contributed by atoms with van der Waals surface area (Å²) in [6, 6.07) is 10.2. The second-order valence-corrected chi connectivity index (χ2v) is 7.60. The van der Waals surface area contributed by atoms with Gasteiger partial charge in [0.2, 0.25) is 0 Å².